The van der Waals surface area contributed by atoms with E-state index in [-0.39, 0.29) is 17.7 Å². The van der Waals surface area contributed by atoms with Gasteiger partial charge in [0.15, 0.2) is 5.82 Å². The van der Waals surface area contributed by atoms with Gasteiger partial charge in [0.1, 0.15) is 23.0 Å². The molecule has 0 unspecified atom stereocenters. The Labute approximate surface area is 210 Å². The maximum atomic E-state index is 12.8. The van der Waals surface area contributed by atoms with Gasteiger partial charge in [0, 0.05) is 37.4 Å². The van der Waals surface area contributed by atoms with Crippen molar-refractivity contribution in [3.05, 3.63) is 44.4 Å². The highest BCUT2D eigenvalue weighted by Crippen LogP contribution is 2.42. The number of rotatable bonds is 7. The summed E-state index contributed by atoms with van der Waals surface area (Å²) in [6.45, 7) is -2.99. The lowest BCUT2D eigenvalue weighted by Crippen LogP contribution is -2.39. The van der Waals surface area contributed by atoms with Crippen LogP contribution in [0.2, 0.25) is 0 Å². The van der Waals surface area contributed by atoms with Gasteiger partial charge in [0.05, 0.1) is 16.2 Å². The van der Waals surface area contributed by atoms with Crippen LogP contribution in [0.3, 0.4) is 0 Å². The first-order chi connectivity index (χ1) is 17.4. The minimum Gasteiger partial charge on any atom is -0.355 e. The van der Waals surface area contributed by atoms with Gasteiger partial charge >= 0.3 is 12.3 Å². The molecule has 188 valence electrons. The molecule has 3 aromatic rings. The Hall–Kier alpha value is -3.46. The molecule has 0 spiro atoms. The van der Waals surface area contributed by atoms with E-state index in [4.69, 9.17) is 0 Å². The average Bonchev–Trinajstić information content (AvgIpc) is 3.63. The van der Waals surface area contributed by atoms with Crippen LogP contribution in [0, 0.1) is 17.2 Å². The molecule has 3 heterocycles. The zero-order chi connectivity index (χ0) is 25.4. The van der Waals surface area contributed by atoms with E-state index in [1.165, 1.54) is 4.57 Å². The molecule has 12 heteroatoms. The second-order valence-corrected chi connectivity index (χ2v) is 10.1. The third-order valence-electron chi connectivity index (χ3n) is 6.96. The Morgan fingerprint density at radius 3 is 2.64 bits per heavy atom. The number of anilines is 1. The number of fused-ring (bicyclic) bond motifs is 1. The van der Waals surface area contributed by atoms with Gasteiger partial charge in [0.2, 0.25) is 0 Å². The number of hydrogen-bond donors (Lipinski definition) is 0. The van der Waals surface area contributed by atoms with Crippen LogP contribution < -0.4 is 10.6 Å². The number of hydrogen-bond acceptors (Lipinski definition) is 9. The summed E-state index contributed by atoms with van der Waals surface area (Å²) in [5.41, 5.74) is 2.01. The van der Waals surface area contributed by atoms with E-state index in [1.54, 1.807) is 30.5 Å². The molecule has 0 N–H and O–H groups in total. The molecular formula is C24H25F2N7O2S. The predicted octanol–water partition coefficient (Wildman–Crippen LogP) is 4.17. The molecule has 2 aliphatic carbocycles. The fraction of sp³-hybridized carbons (Fsp3) is 0.500. The Balaban J connectivity index is 1.37. The van der Waals surface area contributed by atoms with Gasteiger partial charge in [-0.1, -0.05) is 5.16 Å². The normalized spacial score (nSPS) is 20.5. The number of aryl methyl sites for hydroxylation is 1. The number of thiazole rings is 1. The van der Waals surface area contributed by atoms with Crippen molar-refractivity contribution < 1.29 is 13.6 Å². The molecule has 2 saturated carbocycles. The fourth-order valence-electron chi connectivity index (χ4n) is 4.78. The molecule has 0 bridgehead atoms. The number of nitriles is 1. The van der Waals surface area contributed by atoms with Crippen molar-refractivity contribution in [2.24, 2.45) is 18.1 Å². The number of oxime groups is 1. The summed E-state index contributed by atoms with van der Waals surface area (Å²) in [6, 6.07) is 5.36. The number of aromatic nitrogens is 4. The van der Waals surface area contributed by atoms with Crippen molar-refractivity contribution in [1.29, 1.82) is 5.26 Å². The molecular weight excluding hydrogens is 488 g/mol. The van der Waals surface area contributed by atoms with E-state index >= 15 is 0 Å². The fourth-order valence-corrected chi connectivity index (χ4v) is 5.76. The second-order valence-electron chi connectivity index (χ2n) is 9.26. The zero-order valence-electron chi connectivity index (χ0n) is 19.9. The topological polar surface area (TPSA) is 109 Å². The van der Waals surface area contributed by atoms with Crippen molar-refractivity contribution in [3.8, 4) is 6.07 Å². The Morgan fingerprint density at radius 1 is 1.22 bits per heavy atom. The van der Waals surface area contributed by atoms with Crippen LogP contribution in [0.1, 0.15) is 60.8 Å². The van der Waals surface area contributed by atoms with E-state index in [1.807, 2.05) is 23.4 Å². The second kappa shape index (κ2) is 9.89. The van der Waals surface area contributed by atoms with E-state index < -0.39 is 12.3 Å². The van der Waals surface area contributed by atoms with E-state index in [0.29, 0.717) is 47.0 Å². The van der Waals surface area contributed by atoms with Crippen LogP contribution in [0.4, 0.5) is 14.6 Å². The van der Waals surface area contributed by atoms with Gasteiger partial charge < -0.3 is 9.74 Å². The predicted molar refractivity (Wildman–Crippen MR) is 131 cm³/mol. The first-order valence-electron chi connectivity index (χ1n) is 11.8. The quantitative estimate of drug-likeness (QED) is 0.344. The minimum absolute atomic E-state index is 0.0475. The number of nitrogens with zero attached hydrogens (tertiary/aromatic N) is 7. The molecule has 3 aromatic heterocycles. The van der Waals surface area contributed by atoms with Crippen LogP contribution in [0.25, 0.3) is 11.0 Å². The Kier molecular flexibility index (Phi) is 6.66. The summed E-state index contributed by atoms with van der Waals surface area (Å²) in [7, 11) is 3.49. The van der Waals surface area contributed by atoms with Crippen molar-refractivity contribution in [3.63, 3.8) is 0 Å². The summed E-state index contributed by atoms with van der Waals surface area (Å²) >= 11 is 1.54. The lowest BCUT2D eigenvalue weighted by molar-refractivity contribution is -0.128. The average molecular weight is 514 g/mol. The smallest absolute Gasteiger partial charge is 0.355 e. The monoisotopic (exact) mass is 513 g/mol. The molecule has 36 heavy (non-hydrogen) atoms. The van der Waals surface area contributed by atoms with Crippen LogP contribution in [-0.2, 0) is 11.9 Å². The molecule has 2 aliphatic rings. The Bertz CT molecular complexity index is 1400. The highest BCUT2D eigenvalue weighted by Gasteiger charge is 2.33. The van der Waals surface area contributed by atoms with Crippen LogP contribution >= 0.6 is 11.3 Å². The first-order valence-corrected chi connectivity index (χ1v) is 12.7. The van der Waals surface area contributed by atoms with Crippen LogP contribution in [-0.4, -0.2) is 44.9 Å². The zero-order valence-corrected chi connectivity index (χ0v) is 20.7. The first kappa shape index (κ1) is 24.2. The number of halogens is 2. The van der Waals surface area contributed by atoms with E-state index in [0.717, 1.165) is 30.7 Å². The van der Waals surface area contributed by atoms with Gasteiger partial charge in [-0.25, -0.2) is 14.8 Å². The van der Waals surface area contributed by atoms with Crippen LogP contribution in [0.5, 0.6) is 0 Å². The summed E-state index contributed by atoms with van der Waals surface area (Å²) < 4.78 is 27.0. The lowest BCUT2D eigenvalue weighted by atomic mass is 9.82. The third-order valence-corrected chi connectivity index (χ3v) is 7.96. The largest absolute Gasteiger partial charge is 0.407 e. The number of alkyl halides is 2. The van der Waals surface area contributed by atoms with E-state index in [2.05, 4.69) is 24.9 Å². The van der Waals surface area contributed by atoms with Crippen molar-refractivity contribution >= 4 is 33.9 Å². The molecule has 0 aliphatic heterocycles. The maximum absolute atomic E-state index is 12.8. The van der Waals surface area contributed by atoms with Gasteiger partial charge in [-0.2, -0.15) is 19.0 Å². The van der Waals surface area contributed by atoms with Gasteiger partial charge in [-0.3, -0.25) is 4.57 Å². The standard InChI is InChI=1S/C24H25F2N7O2S/c1-32(21-20-18(33(2)24(34)30-21)10-7-15(11-27)28-20)16-8-5-13(6-9-16)19(31-35-23(25)26)17-12-36-22(29-17)14-3-4-14/h7,10,12-14,16,23H,3-6,8-9H2,1-2H3/b31-19-/t13-,16+. The molecule has 0 saturated heterocycles. The van der Waals surface area contributed by atoms with E-state index in [9.17, 15) is 18.8 Å². The summed E-state index contributed by atoms with van der Waals surface area (Å²) in [5, 5.41) is 16.0. The summed E-state index contributed by atoms with van der Waals surface area (Å²) in [4.78, 5) is 32.1. The van der Waals surface area contributed by atoms with Crippen molar-refractivity contribution in [2.75, 3.05) is 11.9 Å². The highest BCUT2D eigenvalue weighted by atomic mass is 32.1. The molecule has 0 radical (unpaired) electrons. The lowest BCUT2D eigenvalue weighted by Gasteiger charge is -2.35. The molecule has 0 aromatic carbocycles. The molecule has 2 fully saturated rings. The highest BCUT2D eigenvalue weighted by molar-refractivity contribution is 7.10. The summed E-state index contributed by atoms with van der Waals surface area (Å²) in [6.07, 6.45) is 5.06. The van der Waals surface area contributed by atoms with Crippen LogP contribution in [0.15, 0.2) is 27.5 Å². The molecule has 9 nitrogen and oxygen atoms in total. The van der Waals surface area contributed by atoms with Gasteiger partial charge in [0.25, 0.3) is 0 Å². The third kappa shape index (κ3) is 4.80. The molecule has 5 rings (SSSR count). The summed E-state index contributed by atoms with van der Waals surface area (Å²) in [5.74, 6) is 0.831. The molecule has 0 atom stereocenters. The van der Waals surface area contributed by atoms with Gasteiger partial charge in [-0.05, 0) is 50.7 Å². The molecule has 0 amide bonds. The maximum Gasteiger partial charge on any atom is 0.407 e. The van der Waals surface area contributed by atoms with Crippen molar-refractivity contribution in [1.82, 2.24) is 19.5 Å². The van der Waals surface area contributed by atoms with Crippen molar-refractivity contribution in [2.45, 2.75) is 57.1 Å². The number of pyridine rings is 1. The SMILES string of the molecule is Cn1c(=O)nc(N(C)[C@H]2CC[C@@H](/C(=N/OC(F)F)c3csc(C4CC4)n3)CC2)c2nc(C#N)ccc21. The minimum atomic E-state index is -2.99. The van der Waals surface area contributed by atoms with Gasteiger partial charge in [-0.15, -0.1) is 11.3 Å². The Morgan fingerprint density at radius 2 is 1.97 bits per heavy atom.